The molecular formula is C12H18N4O4S. The van der Waals surface area contributed by atoms with Crippen molar-refractivity contribution in [1.82, 2.24) is 9.97 Å². The van der Waals surface area contributed by atoms with Crippen LogP contribution in [0.1, 0.15) is 36.0 Å². The number of sulfone groups is 1. The summed E-state index contributed by atoms with van der Waals surface area (Å²) in [7, 11) is -3.58. The van der Waals surface area contributed by atoms with E-state index in [1.165, 1.54) is 0 Å². The second-order valence-corrected chi connectivity index (χ2v) is 7.12. The van der Waals surface area contributed by atoms with Gasteiger partial charge in [-0.15, -0.1) is 0 Å². The molecule has 9 heteroatoms. The summed E-state index contributed by atoms with van der Waals surface area (Å²) < 4.78 is 23.0. The number of nitrogens with zero attached hydrogens (tertiary/aromatic N) is 2. The van der Waals surface area contributed by atoms with Crippen LogP contribution in [0.5, 0.6) is 0 Å². The van der Waals surface area contributed by atoms with Crippen molar-refractivity contribution in [2.75, 3.05) is 11.6 Å². The smallest absolute Gasteiger partial charge is 0.254 e. The first-order valence-electron chi connectivity index (χ1n) is 6.59. The fraction of sp³-hybridized carbons (Fsp3) is 0.583. The highest BCUT2D eigenvalue weighted by molar-refractivity contribution is 7.90. The van der Waals surface area contributed by atoms with E-state index in [9.17, 15) is 18.3 Å². The predicted octanol–water partition coefficient (Wildman–Crippen LogP) is -0.306. The van der Waals surface area contributed by atoms with Crippen molar-refractivity contribution in [1.29, 1.82) is 0 Å². The van der Waals surface area contributed by atoms with Crippen molar-refractivity contribution in [2.45, 2.75) is 43.0 Å². The number of hydrogen-bond donors (Lipinski definition) is 3. The zero-order valence-corrected chi connectivity index (χ0v) is 12.4. The van der Waals surface area contributed by atoms with Crippen LogP contribution in [0.2, 0.25) is 0 Å². The van der Waals surface area contributed by atoms with Crippen LogP contribution >= 0.6 is 0 Å². The van der Waals surface area contributed by atoms with Gasteiger partial charge in [-0.3, -0.25) is 4.79 Å². The molecule has 1 heterocycles. The normalized spacial score (nSPS) is 22.8. The Hall–Kier alpha value is -1.74. The summed E-state index contributed by atoms with van der Waals surface area (Å²) in [5.74, 6) is -0.647. The summed E-state index contributed by atoms with van der Waals surface area (Å²) in [6, 6.07) is -0.0887. The van der Waals surface area contributed by atoms with Crippen LogP contribution in [-0.2, 0) is 9.84 Å². The standard InChI is InChI=1S/C12H18N4O4S/c1-21(19,20)12-14-6-9(10(13)18)11(16-12)15-7-3-2-4-8(17)5-7/h6-8,17H,2-5H2,1H3,(H2,13,18)(H,14,15,16)/t7-,8+/m1/s1. The van der Waals surface area contributed by atoms with Crippen LogP contribution < -0.4 is 11.1 Å². The van der Waals surface area contributed by atoms with Crippen LogP contribution in [0.25, 0.3) is 0 Å². The molecule has 0 aromatic carbocycles. The fourth-order valence-corrected chi connectivity index (χ4v) is 2.82. The number of aromatic nitrogens is 2. The summed E-state index contributed by atoms with van der Waals surface area (Å²) in [6.07, 6.45) is 4.57. The first kappa shape index (κ1) is 15.6. The molecule has 8 nitrogen and oxygen atoms in total. The van der Waals surface area contributed by atoms with Gasteiger partial charge in [-0.25, -0.2) is 18.4 Å². The second-order valence-electron chi connectivity index (χ2n) is 5.21. The minimum absolute atomic E-state index is 0.0301. The number of anilines is 1. The first-order chi connectivity index (χ1) is 9.77. The molecule has 0 aliphatic heterocycles. The number of primary amides is 1. The van der Waals surface area contributed by atoms with Gasteiger partial charge in [0.25, 0.3) is 5.91 Å². The van der Waals surface area contributed by atoms with Gasteiger partial charge < -0.3 is 16.2 Å². The van der Waals surface area contributed by atoms with Crippen LogP contribution in [0, 0.1) is 0 Å². The number of aliphatic hydroxyl groups is 1. The van der Waals surface area contributed by atoms with E-state index in [4.69, 9.17) is 5.73 Å². The van der Waals surface area contributed by atoms with Crippen molar-refractivity contribution in [3.63, 3.8) is 0 Å². The van der Waals surface area contributed by atoms with Crippen LogP contribution in [0.3, 0.4) is 0 Å². The Bertz CT molecular complexity index is 647. The fourth-order valence-electron chi connectivity index (χ4n) is 2.32. The maximum Gasteiger partial charge on any atom is 0.254 e. The molecule has 0 spiro atoms. The van der Waals surface area contributed by atoms with Gasteiger partial charge in [0, 0.05) is 18.5 Å². The first-order valence-corrected chi connectivity index (χ1v) is 8.48. The SMILES string of the molecule is CS(=O)(=O)c1ncc(C(N)=O)c(N[C@@H]2CCC[C@H](O)C2)n1. The lowest BCUT2D eigenvalue weighted by Crippen LogP contribution is -2.31. The van der Waals surface area contributed by atoms with Gasteiger partial charge in [-0.05, 0) is 25.7 Å². The van der Waals surface area contributed by atoms with Gasteiger partial charge in [0.15, 0.2) is 0 Å². The topological polar surface area (TPSA) is 135 Å². The minimum Gasteiger partial charge on any atom is -0.393 e. The Morgan fingerprint density at radius 2 is 2.19 bits per heavy atom. The van der Waals surface area contributed by atoms with Crippen molar-refractivity contribution in [3.8, 4) is 0 Å². The summed E-state index contributed by atoms with van der Waals surface area (Å²) in [4.78, 5) is 18.9. The van der Waals surface area contributed by atoms with E-state index in [-0.39, 0.29) is 22.6 Å². The molecule has 21 heavy (non-hydrogen) atoms. The molecule has 0 saturated heterocycles. The zero-order chi connectivity index (χ0) is 15.6. The van der Waals surface area contributed by atoms with Crippen molar-refractivity contribution in [2.24, 2.45) is 5.73 Å². The Balaban J connectivity index is 2.32. The van der Waals surface area contributed by atoms with E-state index in [0.29, 0.717) is 6.42 Å². The molecule has 0 radical (unpaired) electrons. The third-order valence-corrected chi connectivity index (χ3v) is 4.21. The molecule has 1 fully saturated rings. The van der Waals surface area contributed by atoms with Gasteiger partial charge in [0.1, 0.15) is 5.82 Å². The summed E-state index contributed by atoms with van der Waals surface area (Å²) in [5, 5.41) is 12.3. The van der Waals surface area contributed by atoms with E-state index in [1.807, 2.05) is 0 Å². The maximum atomic E-state index is 11.5. The third kappa shape index (κ3) is 3.88. The highest BCUT2D eigenvalue weighted by Crippen LogP contribution is 2.23. The minimum atomic E-state index is -3.58. The molecule has 0 unspecified atom stereocenters. The molecule has 116 valence electrons. The number of hydrogen-bond acceptors (Lipinski definition) is 7. The molecule has 1 aliphatic carbocycles. The molecule has 1 aromatic heterocycles. The van der Waals surface area contributed by atoms with Crippen LogP contribution in [0.4, 0.5) is 5.82 Å². The quantitative estimate of drug-likeness (QED) is 0.649. The zero-order valence-electron chi connectivity index (χ0n) is 11.6. The third-order valence-electron chi connectivity index (χ3n) is 3.35. The molecular weight excluding hydrogens is 296 g/mol. The van der Waals surface area contributed by atoms with Gasteiger partial charge in [0.05, 0.1) is 11.7 Å². The lowest BCUT2D eigenvalue weighted by Gasteiger charge is -2.27. The van der Waals surface area contributed by atoms with Crippen molar-refractivity contribution < 1.29 is 18.3 Å². The number of carbonyl (C=O) groups excluding carboxylic acids is 1. The Morgan fingerprint density at radius 1 is 1.48 bits per heavy atom. The molecule has 1 amide bonds. The molecule has 1 saturated carbocycles. The van der Waals surface area contributed by atoms with E-state index >= 15 is 0 Å². The average Bonchev–Trinajstić information content (AvgIpc) is 2.37. The van der Waals surface area contributed by atoms with Gasteiger partial charge in [-0.2, -0.15) is 0 Å². The molecule has 1 aromatic rings. The number of carbonyl (C=O) groups is 1. The Morgan fingerprint density at radius 3 is 2.76 bits per heavy atom. The van der Waals surface area contributed by atoms with Crippen LogP contribution in [-0.4, -0.2) is 47.8 Å². The molecule has 0 bridgehead atoms. The summed E-state index contributed by atoms with van der Waals surface area (Å²) in [6.45, 7) is 0. The highest BCUT2D eigenvalue weighted by atomic mass is 32.2. The van der Waals surface area contributed by atoms with E-state index in [2.05, 4.69) is 15.3 Å². The number of amides is 1. The number of nitrogens with one attached hydrogen (secondary N) is 1. The van der Waals surface area contributed by atoms with Crippen LogP contribution in [0.15, 0.2) is 11.4 Å². The lowest BCUT2D eigenvalue weighted by atomic mass is 9.93. The Labute approximate surface area is 122 Å². The van der Waals surface area contributed by atoms with Gasteiger partial charge in [0.2, 0.25) is 15.0 Å². The molecule has 1 aliphatic rings. The highest BCUT2D eigenvalue weighted by Gasteiger charge is 2.23. The number of aliphatic hydroxyl groups excluding tert-OH is 1. The van der Waals surface area contributed by atoms with E-state index in [0.717, 1.165) is 31.7 Å². The molecule has 2 rings (SSSR count). The largest absolute Gasteiger partial charge is 0.393 e. The number of rotatable bonds is 4. The predicted molar refractivity (Wildman–Crippen MR) is 75.5 cm³/mol. The summed E-state index contributed by atoms with van der Waals surface area (Å²) >= 11 is 0. The Kier molecular flexibility index (Phi) is 4.43. The van der Waals surface area contributed by atoms with E-state index < -0.39 is 21.8 Å². The van der Waals surface area contributed by atoms with Gasteiger partial charge in [-0.1, -0.05) is 0 Å². The molecule has 2 atom stereocenters. The lowest BCUT2D eigenvalue weighted by molar-refractivity contribution is 0.1000. The average molecular weight is 314 g/mol. The van der Waals surface area contributed by atoms with Crippen molar-refractivity contribution >= 4 is 21.6 Å². The monoisotopic (exact) mass is 314 g/mol. The summed E-state index contributed by atoms with van der Waals surface area (Å²) in [5.41, 5.74) is 5.28. The van der Waals surface area contributed by atoms with E-state index in [1.54, 1.807) is 0 Å². The maximum absolute atomic E-state index is 11.5. The van der Waals surface area contributed by atoms with Crippen molar-refractivity contribution in [3.05, 3.63) is 11.8 Å². The molecule has 4 N–H and O–H groups in total. The van der Waals surface area contributed by atoms with Gasteiger partial charge >= 0.3 is 0 Å². The second kappa shape index (κ2) is 5.94. The number of nitrogens with two attached hydrogens (primary N) is 1.